The maximum absolute atomic E-state index is 12.5. The lowest BCUT2D eigenvalue weighted by atomic mass is 10.1. The first kappa shape index (κ1) is 16.0. The minimum absolute atomic E-state index is 0.0620. The highest BCUT2D eigenvalue weighted by Gasteiger charge is 2.30. The van der Waals surface area contributed by atoms with Crippen molar-refractivity contribution in [3.63, 3.8) is 0 Å². The number of alkyl halides is 3. The minimum Gasteiger partial charge on any atom is -0.305 e. The summed E-state index contributed by atoms with van der Waals surface area (Å²) in [5.74, 6) is 0. The maximum Gasteiger partial charge on any atom is 0.416 e. The number of pyridine rings is 1. The molecule has 1 N–H and O–H groups in total. The van der Waals surface area contributed by atoms with Crippen molar-refractivity contribution in [3.8, 4) is 0 Å². The van der Waals surface area contributed by atoms with Crippen LogP contribution >= 0.6 is 15.9 Å². The van der Waals surface area contributed by atoms with E-state index in [1.165, 1.54) is 12.1 Å². The number of benzene rings is 1. The number of hydrogen-bond acceptors (Lipinski definition) is 2. The first-order chi connectivity index (χ1) is 9.86. The van der Waals surface area contributed by atoms with Gasteiger partial charge in [-0.1, -0.05) is 18.2 Å². The number of nitrogens with zero attached hydrogens (tertiary/aromatic N) is 1. The number of hydrogen-bond donors (Lipinski definition) is 1. The summed E-state index contributed by atoms with van der Waals surface area (Å²) in [5.41, 5.74) is 1.04. The van der Waals surface area contributed by atoms with Gasteiger partial charge in [-0.15, -0.1) is 0 Å². The molecule has 112 valence electrons. The Bertz CT molecular complexity index is 597. The SMILES string of the molecule is CC(NCc1cccc(Br)n1)c1ccc(C(F)(F)F)cc1. The van der Waals surface area contributed by atoms with Gasteiger partial charge in [0.25, 0.3) is 0 Å². The van der Waals surface area contributed by atoms with E-state index in [2.05, 4.69) is 26.2 Å². The van der Waals surface area contributed by atoms with Gasteiger partial charge in [-0.05, 0) is 52.7 Å². The van der Waals surface area contributed by atoms with Crippen LogP contribution in [-0.4, -0.2) is 4.98 Å². The van der Waals surface area contributed by atoms with E-state index in [1.54, 1.807) is 0 Å². The Morgan fingerprint density at radius 3 is 2.38 bits per heavy atom. The van der Waals surface area contributed by atoms with Crippen LogP contribution in [0, 0.1) is 0 Å². The molecule has 0 amide bonds. The van der Waals surface area contributed by atoms with Crippen molar-refractivity contribution in [2.24, 2.45) is 0 Å². The fourth-order valence-electron chi connectivity index (χ4n) is 1.89. The third-order valence-corrected chi connectivity index (χ3v) is 3.54. The zero-order valence-electron chi connectivity index (χ0n) is 11.3. The Hall–Kier alpha value is -1.40. The fourth-order valence-corrected chi connectivity index (χ4v) is 2.27. The van der Waals surface area contributed by atoms with Crippen LogP contribution in [0.5, 0.6) is 0 Å². The largest absolute Gasteiger partial charge is 0.416 e. The monoisotopic (exact) mass is 358 g/mol. The van der Waals surface area contributed by atoms with Gasteiger partial charge in [-0.2, -0.15) is 13.2 Å². The molecule has 1 heterocycles. The molecule has 1 unspecified atom stereocenters. The van der Waals surface area contributed by atoms with Gasteiger partial charge in [-0.3, -0.25) is 0 Å². The zero-order chi connectivity index (χ0) is 15.5. The average molecular weight is 359 g/mol. The van der Waals surface area contributed by atoms with Gasteiger partial charge in [0.05, 0.1) is 11.3 Å². The standard InChI is InChI=1S/C15H14BrF3N2/c1-10(20-9-13-3-2-4-14(16)21-13)11-5-7-12(8-6-11)15(17,18)19/h2-8,10,20H,9H2,1H3. The van der Waals surface area contributed by atoms with Crippen LogP contribution in [0.4, 0.5) is 13.2 Å². The molecule has 2 nitrogen and oxygen atoms in total. The predicted molar refractivity (Wildman–Crippen MR) is 78.6 cm³/mol. The third-order valence-electron chi connectivity index (χ3n) is 3.10. The summed E-state index contributed by atoms with van der Waals surface area (Å²) >= 11 is 3.30. The fraction of sp³-hybridized carbons (Fsp3) is 0.267. The van der Waals surface area contributed by atoms with Gasteiger partial charge < -0.3 is 5.32 Å². The number of aromatic nitrogens is 1. The normalized spacial score (nSPS) is 13.2. The molecule has 0 saturated carbocycles. The Morgan fingerprint density at radius 2 is 1.81 bits per heavy atom. The lowest BCUT2D eigenvalue weighted by Gasteiger charge is -2.15. The average Bonchev–Trinajstić information content (AvgIpc) is 2.44. The number of rotatable bonds is 4. The molecule has 2 aromatic rings. The Balaban J connectivity index is 1.99. The molecule has 1 aromatic heterocycles. The van der Waals surface area contributed by atoms with E-state index in [0.717, 1.165) is 28.0 Å². The smallest absolute Gasteiger partial charge is 0.305 e. The topological polar surface area (TPSA) is 24.9 Å². The van der Waals surface area contributed by atoms with Gasteiger partial charge in [0.15, 0.2) is 0 Å². The van der Waals surface area contributed by atoms with E-state index in [4.69, 9.17) is 0 Å². The molecular weight excluding hydrogens is 345 g/mol. The number of nitrogens with one attached hydrogen (secondary N) is 1. The van der Waals surface area contributed by atoms with Crippen LogP contribution in [0.25, 0.3) is 0 Å². The molecule has 0 fully saturated rings. The molecular formula is C15H14BrF3N2. The first-order valence-corrected chi connectivity index (χ1v) is 7.17. The van der Waals surface area contributed by atoms with Crippen LogP contribution in [0.15, 0.2) is 47.1 Å². The molecule has 2 rings (SSSR count). The second-order valence-corrected chi connectivity index (χ2v) is 5.49. The third kappa shape index (κ3) is 4.54. The lowest BCUT2D eigenvalue weighted by Crippen LogP contribution is -2.19. The van der Waals surface area contributed by atoms with Crippen LogP contribution in [0.1, 0.15) is 29.8 Å². The second-order valence-electron chi connectivity index (χ2n) is 4.67. The zero-order valence-corrected chi connectivity index (χ0v) is 12.9. The Kier molecular flexibility index (Phi) is 5.00. The van der Waals surface area contributed by atoms with E-state index < -0.39 is 11.7 Å². The van der Waals surface area contributed by atoms with Crippen molar-refractivity contribution in [1.82, 2.24) is 10.3 Å². The van der Waals surface area contributed by atoms with Crippen molar-refractivity contribution in [2.75, 3.05) is 0 Å². The van der Waals surface area contributed by atoms with E-state index >= 15 is 0 Å². The van der Waals surface area contributed by atoms with E-state index in [9.17, 15) is 13.2 Å². The molecule has 0 aliphatic heterocycles. The summed E-state index contributed by atoms with van der Waals surface area (Å²) in [6.45, 7) is 2.45. The van der Waals surface area contributed by atoms with E-state index in [0.29, 0.717) is 6.54 Å². The molecule has 0 bridgehead atoms. The van der Waals surface area contributed by atoms with Crippen molar-refractivity contribution >= 4 is 15.9 Å². The molecule has 0 radical (unpaired) electrons. The van der Waals surface area contributed by atoms with Crippen LogP contribution < -0.4 is 5.32 Å². The molecule has 0 aliphatic carbocycles. The molecule has 1 aromatic carbocycles. The van der Waals surface area contributed by atoms with Crippen LogP contribution in [-0.2, 0) is 12.7 Å². The molecule has 0 spiro atoms. The van der Waals surface area contributed by atoms with Crippen molar-refractivity contribution in [1.29, 1.82) is 0 Å². The molecule has 6 heteroatoms. The predicted octanol–water partition coefficient (Wildman–Crippen LogP) is 4.71. The highest BCUT2D eigenvalue weighted by atomic mass is 79.9. The molecule has 0 aliphatic rings. The van der Waals surface area contributed by atoms with E-state index in [-0.39, 0.29) is 6.04 Å². The van der Waals surface area contributed by atoms with Crippen molar-refractivity contribution < 1.29 is 13.2 Å². The summed E-state index contributed by atoms with van der Waals surface area (Å²) in [6, 6.07) is 10.7. The quantitative estimate of drug-likeness (QED) is 0.800. The molecule has 21 heavy (non-hydrogen) atoms. The van der Waals surface area contributed by atoms with Crippen molar-refractivity contribution in [3.05, 3.63) is 63.9 Å². The van der Waals surface area contributed by atoms with Crippen LogP contribution in [0.2, 0.25) is 0 Å². The van der Waals surface area contributed by atoms with Gasteiger partial charge in [-0.25, -0.2) is 4.98 Å². The summed E-state index contributed by atoms with van der Waals surface area (Å²) in [6.07, 6.45) is -4.30. The Morgan fingerprint density at radius 1 is 1.14 bits per heavy atom. The van der Waals surface area contributed by atoms with Gasteiger partial charge in [0.2, 0.25) is 0 Å². The summed E-state index contributed by atoms with van der Waals surface area (Å²) in [7, 11) is 0. The highest BCUT2D eigenvalue weighted by Crippen LogP contribution is 2.29. The highest BCUT2D eigenvalue weighted by molar-refractivity contribution is 9.10. The van der Waals surface area contributed by atoms with Gasteiger partial charge in [0.1, 0.15) is 4.60 Å². The van der Waals surface area contributed by atoms with E-state index in [1.807, 2.05) is 25.1 Å². The number of halogens is 4. The molecule has 0 saturated heterocycles. The van der Waals surface area contributed by atoms with Gasteiger partial charge in [0, 0.05) is 12.6 Å². The lowest BCUT2D eigenvalue weighted by molar-refractivity contribution is -0.137. The minimum atomic E-state index is -4.30. The summed E-state index contributed by atoms with van der Waals surface area (Å²) < 4.78 is 38.3. The first-order valence-electron chi connectivity index (χ1n) is 6.38. The maximum atomic E-state index is 12.5. The van der Waals surface area contributed by atoms with Crippen molar-refractivity contribution in [2.45, 2.75) is 25.7 Å². The summed E-state index contributed by atoms with van der Waals surface area (Å²) in [4.78, 5) is 4.29. The molecule has 1 atom stereocenters. The second kappa shape index (κ2) is 6.58. The van der Waals surface area contributed by atoms with Gasteiger partial charge >= 0.3 is 6.18 Å². The summed E-state index contributed by atoms with van der Waals surface area (Å²) in [5, 5.41) is 3.24. The Labute approximate surface area is 129 Å². The van der Waals surface area contributed by atoms with Crippen LogP contribution in [0.3, 0.4) is 0 Å².